The first-order chi connectivity index (χ1) is 7.70. The summed E-state index contributed by atoms with van der Waals surface area (Å²) in [6, 6.07) is 9.27. The summed E-state index contributed by atoms with van der Waals surface area (Å²) >= 11 is 0. The van der Waals surface area contributed by atoms with Crippen molar-refractivity contribution in [2.75, 3.05) is 5.73 Å². The van der Waals surface area contributed by atoms with Gasteiger partial charge in [0.1, 0.15) is 12.1 Å². The third-order valence-corrected chi connectivity index (χ3v) is 2.48. The Hall–Kier alpha value is -2.16. The number of nitrogen functional groups attached to an aromatic ring is 1. The zero-order chi connectivity index (χ0) is 11.5. The molecule has 0 unspecified atom stereocenters. The molecule has 2 rings (SSSR count). The molecule has 0 saturated heterocycles. The maximum Gasteiger partial charge on any atom is 0.150 e. The van der Waals surface area contributed by atoms with Crippen LogP contribution in [-0.4, -0.2) is 11.3 Å². The van der Waals surface area contributed by atoms with E-state index in [0.29, 0.717) is 11.4 Å². The monoisotopic (exact) mass is 212 g/mol. The van der Waals surface area contributed by atoms with Crippen molar-refractivity contribution in [2.45, 2.75) is 6.92 Å². The highest BCUT2D eigenvalue weighted by Crippen LogP contribution is 2.23. The van der Waals surface area contributed by atoms with Crippen LogP contribution in [0.1, 0.15) is 15.9 Å². The van der Waals surface area contributed by atoms with Crippen molar-refractivity contribution in [1.29, 1.82) is 0 Å². The third-order valence-electron chi connectivity index (χ3n) is 2.48. The number of benzene rings is 1. The number of pyridine rings is 1. The molecule has 0 radical (unpaired) electrons. The standard InChI is InChI=1S/C13H12N2O/c1-9-6-10(8-16)2-4-12(9)11-3-5-13(14)15-7-11/h2-8H,1H3,(H2,14,15). The van der Waals surface area contributed by atoms with E-state index in [1.807, 2.05) is 25.1 Å². The van der Waals surface area contributed by atoms with Gasteiger partial charge in [0.25, 0.3) is 0 Å². The third kappa shape index (κ3) is 1.93. The van der Waals surface area contributed by atoms with Gasteiger partial charge in [-0.15, -0.1) is 0 Å². The second kappa shape index (κ2) is 4.14. The fraction of sp³-hybridized carbons (Fsp3) is 0.0769. The lowest BCUT2D eigenvalue weighted by Gasteiger charge is -2.06. The van der Waals surface area contributed by atoms with Crippen LogP contribution in [0.5, 0.6) is 0 Å². The lowest BCUT2D eigenvalue weighted by Crippen LogP contribution is -1.91. The van der Waals surface area contributed by atoms with Gasteiger partial charge in [0.15, 0.2) is 0 Å². The van der Waals surface area contributed by atoms with E-state index in [4.69, 9.17) is 5.73 Å². The summed E-state index contributed by atoms with van der Waals surface area (Å²) in [6.45, 7) is 1.97. The molecule has 1 heterocycles. The molecule has 0 bridgehead atoms. The minimum absolute atomic E-state index is 0.505. The average molecular weight is 212 g/mol. The number of aromatic nitrogens is 1. The van der Waals surface area contributed by atoms with Crippen LogP contribution in [0.3, 0.4) is 0 Å². The molecule has 80 valence electrons. The number of hydrogen-bond acceptors (Lipinski definition) is 3. The zero-order valence-corrected chi connectivity index (χ0v) is 8.97. The molecule has 3 heteroatoms. The van der Waals surface area contributed by atoms with Crippen LogP contribution in [0.25, 0.3) is 11.1 Å². The van der Waals surface area contributed by atoms with Crippen molar-refractivity contribution in [2.24, 2.45) is 0 Å². The van der Waals surface area contributed by atoms with Crippen molar-refractivity contribution in [3.63, 3.8) is 0 Å². The van der Waals surface area contributed by atoms with Crippen LogP contribution < -0.4 is 5.73 Å². The minimum atomic E-state index is 0.505. The fourth-order valence-electron chi connectivity index (χ4n) is 1.65. The highest BCUT2D eigenvalue weighted by molar-refractivity contribution is 5.78. The predicted molar refractivity (Wildman–Crippen MR) is 64.2 cm³/mol. The molecule has 2 N–H and O–H groups in total. The first-order valence-electron chi connectivity index (χ1n) is 4.98. The van der Waals surface area contributed by atoms with Crippen molar-refractivity contribution in [3.8, 4) is 11.1 Å². The molecule has 0 spiro atoms. The smallest absolute Gasteiger partial charge is 0.150 e. The molecule has 16 heavy (non-hydrogen) atoms. The van der Waals surface area contributed by atoms with Gasteiger partial charge in [0.05, 0.1) is 0 Å². The predicted octanol–water partition coefficient (Wildman–Crippen LogP) is 2.45. The highest BCUT2D eigenvalue weighted by Gasteiger charge is 2.03. The van der Waals surface area contributed by atoms with Gasteiger partial charge in [0, 0.05) is 17.3 Å². The van der Waals surface area contributed by atoms with Gasteiger partial charge in [0.2, 0.25) is 0 Å². The molecule has 0 amide bonds. The molecule has 1 aromatic heterocycles. The quantitative estimate of drug-likeness (QED) is 0.778. The Morgan fingerprint density at radius 2 is 2.06 bits per heavy atom. The second-order valence-corrected chi connectivity index (χ2v) is 3.66. The summed E-state index contributed by atoms with van der Waals surface area (Å²) in [5.74, 6) is 0.505. The Labute approximate surface area is 93.9 Å². The maximum absolute atomic E-state index is 10.6. The largest absolute Gasteiger partial charge is 0.384 e. The number of aldehydes is 1. The summed E-state index contributed by atoms with van der Waals surface area (Å²) in [7, 11) is 0. The van der Waals surface area contributed by atoms with Crippen molar-refractivity contribution >= 4 is 12.1 Å². The second-order valence-electron chi connectivity index (χ2n) is 3.66. The van der Waals surface area contributed by atoms with Crippen molar-refractivity contribution < 1.29 is 4.79 Å². The lowest BCUT2D eigenvalue weighted by molar-refractivity contribution is 0.112. The topological polar surface area (TPSA) is 56.0 Å². The number of hydrogen-bond donors (Lipinski definition) is 1. The average Bonchev–Trinajstić information content (AvgIpc) is 2.30. The first-order valence-corrected chi connectivity index (χ1v) is 4.98. The van der Waals surface area contributed by atoms with Gasteiger partial charge in [-0.2, -0.15) is 0 Å². The van der Waals surface area contributed by atoms with Crippen molar-refractivity contribution in [1.82, 2.24) is 4.98 Å². The maximum atomic E-state index is 10.6. The van der Waals surface area contributed by atoms with Crippen LogP contribution in [-0.2, 0) is 0 Å². The minimum Gasteiger partial charge on any atom is -0.384 e. The van der Waals surface area contributed by atoms with Crippen LogP contribution in [0.15, 0.2) is 36.5 Å². The number of aryl methyl sites for hydroxylation is 1. The molecule has 0 atom stereocenters. The fourth-order valence-corrected chi connectivity index (χ4v) is 1.65. The van der Waals surface area contributed by atoms with Gasteiger partial charge >= 0.3 is 0 Å². The molecule has 0 aliphatic heterocycles. The molecule has 2 aromatic rings. The van der Waals surface area contributed by atoms with Crippen LogP contribution in [0, 0.1) is 6.92 Å². The summed E-state index contributed by atoms with van der Waals surface area (Å²) in [5, 5.41) is 0. The number of anilines is 1. The normalized spacial score (nSPS) is 10.1. The van der Waals surface area contributed by atoms with Crippen LogP contribution in [0.4, 0.5) is 5.82 Å². The SMILES string of the molecule is Cc1cc(C=O)ccc1-c1ccc(N)nc1. The van der Waals surface area contributed by atoms with E-state index in [9.17, 15) is 4.79 Å². The van der Waals surface area contributed by atoms with E-state index in [0.717, 1.165) is 23.0 Å². The summed E-state index contributed by atoms with van der Waals surface area (Å²) < 4.78 is 0. The van der Waals surface area contributed by atoms with Gasteiger partial charge in [-0.1, -0.05) is 12.1 Å². The van der Waals surface area contributed by atoms with E-state index < -0.39 is 0 Å². The lowest BCUT2D eigenvalue weighted by atomic mass is 10.0. The molecule has 0 aliphatic carbocycles. The molecule has 0 saturated carbocycles. The molecule has 1 aromatic carbocycles. The molecular formula is C13H12N2O. The van der Waals surface area contributed by atoms with Gasteiger partial charge < -0.3 is 5.73 Å². The molecular weight excluding hydrogens is 200 g/mol. The first kappa shape index (κ1) is 10.4. The number of carbonyl (C=O) groups excluding carboxylic acids is 1. The molecule has 0 aliphatic rings. The van der Waals surface area contributed by atoms with E-state index in [-0.39, 0.29) is 0 Å². The van der Waals surface area contributed by atoms with Crippen molar-refractivity contribution in [3.05, 3.63) is 47.7 Å². The Kier molecular flexibility index (Phi) is 2.68. The Morgan fingerprint density at radius 1 is 1.25 bits per heavy atom. The van der Waals surface area contributed by atoms with E-state index >= 15 is 0 Å². The van der Waals surface area contributed by atoms with E-state index in [2.05, 4.69) is 4.98 Å². The van der Waals surface area contributed by atoms with Crippen LogP contribution >= 0.6 is 0 Å². The summed E-state index contributed by atoms with van der Waals surface area (Å²) in [5.41, 5.74) is 9.34. The summed E-state index contributed by atoms with van der Waals surface area (Å²) in [6.07, 6.45) is 2.58. The van der Waals surface area contributed by atoms with E-state index in [1.54, 1.807) is 18.3 Å². The Bertz CT molecular complexity index is 518. The summed E-state index contributed by atoms with van der Waals surface area (Å²) in [4.78, 5) is 14.7. The van der Waals surface area contributed by atoms with E-state index in [1.165, 1.54) is 0 Å². The highest BCUT2D eigenvalue weighted by atomic mass is 16.1. The van der Waals surface area contributed by atoms with Gasteiger partial charge in [-0.05, 0) is 36.2 Å². The Balaban J connectivity index is 2.48. The number of nitrogens with two attached hydrogens (primary N) is 1. The number of nitrogens with zero attached hydrogens (tertiary/aromatic N) is 1. The molecule has 0 fully saturated rings. The zero-order valence-electron chi connectivity index (χ0n) is 8.97. The van der Waals surface area contributed by atoms with Gasteiger partial charge in [-0.25, -0.2) is 4.98 Å². The number of rotatable bonds is 2. The molecule has 3 nitrogen and oxygen atoms in total. The Morgan fingerprint density at radius 3 is 2.62 bits per heavy atom. The number of carbonyl (C=O) groups is 1. The van der Waals surface area contributed by atoms with Crippen LogP contribution in [0.2, 0.25) is 0 Å². The van der Waals surface area contributed by atoms with Gasteiger partial charge in [-0.3, -0.25) is 4.79 Å².